The maximum atomic E-state index is 12.7. The van der Waals surface area contributed by atoms with E-state index in [1.54, 1.807) is 46.2 Å². The van der Waals surface area contributed by atoms with Crippen molar-refractivity contribution in [2.24, 2.45) is 7.05 Å². The van der Waals surface area contributed by atoms with Crippen LogP contribution < -0.4 is 0 Å². The molecule has 21 heavy (non-hydrogen) atoms. The summed E-state index contributed by atoms with van der Waals surface area (Å²) in [6, 6.07) is -0.291. The first-order valence-electron chi connectivity index (χ1n) is 6.84. The average molecular weight is 291 g/mol. The normalized spacial score (nSPS) is 12.3. The van der Waals surface area contributed by atoms with Gasteiger partial charge in [-0.1, -0.05) is 0 Å². The van der Waals surface area contributed by atoms with Gasteiger partial charge in [-0.25, -0.2) is 4.98 Å². The van der Waals surface area contributed by atoms with Crippen LogP contribution in [0.1, 0.15) is 18.5 Å². The summed E-state index contributed by atoms with van der Waals surface area (Å²) in [5.74, 6) is 0.0360. The number of aromatic nitrogens is 4. The van der Waals surface area contributed by atoms with Gasteiger partial charge in [0, 0.05) is 51.4 Å². The third-order valence-electron chi connectivity index (χ3n) is 3.34. The Morgan fingerprint density at radius 1 is 1.52 bits per heavy atom. The van der Waals surface area contributed by atoms with Gasteiger partial charge in [0.05, 0.1) is 19.1 Å². The van der Waals surface area contributed by atoms with Gasteiger partial charge in [0.1, 0.15) is 6.04 Å². The fraction of sp³-hybridized carbons (Fsp3) is 0.500. The first-order chi connectivity index (χ1) is 10.1. The Morgan fingerprint density at radius 3 is 2.90 bits per heavy atom. The lowest BCUT2D eigenvalue weighted by atomic mass is 10.2. The van der Waals surface area contributed by atoms with Crippen LogP contribution in [0.25, 0.3) is 0 Å². The predicted octanol–water partition coefficient (Wildman–Crippen LogP) is 0.853. The van der Waals surface area contributed by atoms with Gasteiger partial charge in [-0.3, -0.25) is 9.48 Å². The second kappa shape index (κ2) is 7.03. The number of carbonyl (C=O) groups excluding carboxylic acids is 1. The molecule has 7 nitrogen and oxygen atoms in total. The zero-order valence-corrected chi connectivity index (χ0v) is 12.6. The first-order valence-corrected chi connectivity index (χ1v) is 6.84. The minimum absolute atomic E-state index is 0.0360. The average Bonchev–Trinajstić information content (AvgIpc) is 3.13. The van der Waals surface area contributed by atoms with Gasteiger partial charge in [0.15, 0.2) is 0 Å². The number of amides is 1. The van der Waals surface area contributed by atoms with Crippen molar-refractivity contribution in [3.8, 4) is 0 Å². The Hall–Kier alpha value is -2.15. The largest absolute Gasteiger partial charge is 0.383 e. The van der Waals surface area contributed by atoms with Crippen molar-refractivity contribution in [2.75, 3.05) is 20.3 Å². The molecule has 0 fully saturated rings. The SMILES string of the molecule is COCCN(Cc1cnn(C)c1)C(=O)[C@H](C)n1ccnc1. The standard InChI is InChI=1S/C14H21N5O2/c1-12(19-5-4-15-11-19)14(20)18(6-7-21-3)10-13-8-16-17(2)9-13/h4-5,8-9,11-12H,6-7,10H2,1-3H3/t12-/m0/s1. The zero-order chi connectivity index (χ0) is 15.2. The molecule has 0 aliphatic carbocycles. The number of carbonyl (C=O) groups is 1. The van der Waals surface area contributed by atoms with Gasteiger partial charge in [0.2, 0.25) is 5.91 Å². The fourth-order valence-electron chi connectivity index (χ4n) is 2.13. The van der Waals surface area contributed by atoms with Gasteiger partial charge >= 0.3 is 0 Å². The molecule has 114 valence electrons. The van der Waals surface area contributed by atoms with E-state index in [9.17, 15) is 4.79 Å². The molecular weight excluding hydrogens is 270 g/mol. The van der Waals surface area contributed by atoms with E-state index in [1.165, 1.54) is 0 Å². The molecule has 2 heterocycles. The van der Waals surface area contributed by atoms with Gasteiger partial charge in [-0.05, 0) is 6.92 Å². The Bertz CT molecular complexity index is 564. The maximum absolute atomic E-state index is 12.7. The van der Waals surface area contributed by atoms with E-state index in [0.717, 1.165) is 5.56 Å². The monoisotopic (exact) mass is 291 g/mol. The van der Waals surface area contributed by atoms with Crippen LogP contribution in [0.4, 0.5) is 0 Å². The molecule has 0 radical (unpaired) electrons. The van der Waals surface area contributed by atoms with Crippen LogP contribution in [-0.2, 0) is 23.1 Å². The third kappa shape index (κ3) is 3.91. The summed E-state index contributed by atoms with van der Waals surface area (Å²) in [4.78, 5) is 18.4. The highest BCUT2D eigenvalue weighted by Crippen LogP contribution is 2.12. The van der Waals surface area contributed by atoms with Crippen molar-refractivity contribution in [3.05, 3.63) is 36.7 Å². The summed E-state index contributed by atoms with van der Waals surface area (Å²) in [5, 5.41) is 4.14. The number of hydrogen-bond donors (Lipinski definition) is 0. The quantitative estimate of drug-likeness (QED) is 0.758. The zero-order valence-electron chi connectivity index (χ0n) is 12.6. The lowest BCUT2D eigenvalue weighted by Crippen LogP contribution is -2.37. The Labute approximate surface area is 124 Å². The van der Waals surface area contributed by atoms with Crippen molar-refractivity contribution < 1.29 is 9.53 Å². The molecule has 0 saturated carbocycles. The van der Waals surface area contributed by atoms with E-state index in [1.807, 2.05) is 20.2 Å². The first kappa shape index (κ1) is 15.2. The highest BCUT2D eigenvalue weighted by atomic mass is 16.5. The predicted molar refractivity (Wildman–Crippen MR) is 77.4 cm³/mol. The molecule has 0 spiro atoms. The Balaban J connectivity index is 2.09. The second-order valence-electron chi connectivity index (χ2n) is 4.96. The molecule has 0 saturated heterocycles. The molecule has 0 unspecified atom stereocenters. The number of nitrogens with zero attached hydrogens (tertiary/aromatic N) is 5. The van der Waals surface area contributed by atoms with Crippen LogP contribution in [0, 0.1) is 0 Å². The van der Waals surface area contributed by atoms with E-state index in [4.69, 9.17) is 4.74 Å². The van der Waals surface area contributed by atoms with Crippen LogP contribution >= 0.6 is 0 Å². The van der Waals surface area contributed by atoms with E-state index in [-0.39, 0.29) is 11.9 Å². The van der Waals surface area contributed by atoms with Crippen LogP contribution in [0.15, 0.2) is 31.1 Å². The fourth-order valence-corrected chi connectivity index (χ4v) is 2.13. The molecular formula is C14H21N5O2. The smallest absolute Gasteiger partial charge is 0.245 e. The summed E-state index contributed by atoms with van der Waals surface area (Å²) in [5.41, 5.74) is 1.000. The lowest BCUT2D eigenvalue weighted by molar-refractivity contribution is -0.135. The summed E-state index contributed by atoms with van der Waals surface area (Å²) in [7, 11) is 3.49. The Kier molecular flexibility index (Phi) is 5.10. The molecule has 0 aliphatic heterocycles. The number of hydrogen-bond acceptors (Lipinski definition) is 4. The summed E-state index contributed by atoms with van der Waals surface area (Å²) >= 11 is 0. The van der Waals surface area contributed by atoms with Gasteiger partial charge < -0.3 is 14.2 Å². The van der Waals surface area contributed by atoms with Crippen LogP contribution in [-0.4, -0.2) is 50.4 Å². The molecule has 2 aromatic rings. The van der Waals surface area contributed by atoms with Crippen molar-refractivity contribution in [2.45, 2.75) is 19.5 Å². The minimum Gasteiger partial charge on any atom is -0.383 e. The van der Waals surface area contributed by atoms with Crippen molar-refractivity contribution in [1.82, 2.24) is 24.2 Å². The van der Waals surface area contributed by atoms with Gasteiger partial charge in [-0.2, -0.15) is 5.10 Å². The summed E-state index contributed by atoms with van der Waals surface area (Å²) < 4.78 is 8.63. The van der Waals surface area contributed by atoms with Gasteiger partial charge in [0.25, 0.3) is 0 Å². The van der Waals surface area contributed by atoms with Crippen LogP contribution in [0.2, 0.25) is 0 Å². The number of rotatable bonds is 7. The van der Waals surface area contributed by atoms with E-state index < -0.39 is 0 Å². The van der Waals surface area contributed by atoms with E-state index in [2.05, 4.69) is 10.1 Å². The highest BCUT2D eigenvalue weighted by molar-refractivity contribution is 5.80. The summed E-state index contributed by atoms with van der Waals surface area (Å²) in [6.07, 6.45) is 8.80. The van der Waals surface area contributed by atoms with Crippen LogP contribution in [0.3, 0.4) is 0 Å². The van der Waals surface area contributed by atoms with Crippen molar-refractivity contribution >= 4 is 5.91 Å². The van der Waals surface area contributed by atoms with Crippen molar-refractivity contribution in [3.63, 3.8) is 0 Å². The lowest BCUT2D eigenvalue weighted by Gasteiger charge is -2.25. The minimum atomic E-state index is -0.291. The Morgan fingerprint density at radius 2 is 2.33 bits per heavy atom. The number of imidazole rings is 1. The second-order valence-corrected chi connectivity index (χ2v) is 4.96. The van der Waals surface area contributed by atoms with Crippen molar-refractivity contribution in [1.29, 1.82) is 0 Å². The molecule has 2 rings (SSSR count). The molecule has 2 aromatic heterocycles. The van der Waals surface area contributed by atoms with Crippen LogP contribution in [0.5, 0.6) is 0 Å². The molecule has 1 atom stereocenters. The van der Waals surface area contributed by atoms with Gasteiger partial charge in [-0.15, -0.1) is 0 Å². The summed E-state index contributed by atoms with van der Waals surface area (Å²) in [6.45, 7) is 3.44. The molecule has 0 aromatic carbocycles. The topological polar surface area (TPSA) is 65.2 Å². The number of methoxy groups -OCH3 is 1. The highest BCUT2D eigenvalue weighted by Gasteiger charge is 2.22. The maximum Gasteiger partial charge on any atom is 0.245 e. The molecule has 0 bridgehead atoms. The molecule has 1 amide bonds. The van der Waals surface area contributed by atoms with E-state index >= 15 is 0 Å². The third-order valence-corrected chi connectivity index (χ3v) is 3.34. The van der Waals surface area contributed by atoms with E-state index in [0.29, 0.717) is 19.7 Å². The molecule has 0 aliphatic rings. The molecule has 7 heteroatoms. The molecule has 0 N–H and O–H groups in total. The number of ether oxygens (including phenoxy) is 1. The number of aryl methyl sites for hydroxylation is 1.